The fraction of sp³-hybridized carbons (Fsp3) is 0.300. The molecule has 1 aromatic heterocycles. The molecule has 0 bridgehead atoms. The maximum atomic E-state index is 12.5. The second-order valence-electron chi connectivity index (χ2n) is 6.57. The predicted molar refractivity (Wildman–Crippen MR) is 98.3 cm³/mol. The summed E-state index contributed by atoms with van der Waals surface area (Å²) >= 11 is 0. The average Bonchev–Trinajstić information content (AvgIpc) is 3.11. The minimum Gasteiger partial charge on any atom is -0.342 e. The van der Waals surface area contributed by atoms with Crippen molar-refractivity contribution in [2.45, 2.75) is 25.3 Å². The maximum Gasteiger partial charge on any atom is 0.317 e. The van der Waals surface area contributed by atoms with Crippen molar-refractivity contribution in [1.29, 1.82) is 0 Å². The summed E-state index contributed by atoms with van der Waals surface area (Å²) in [6, 6.07) is 18.1. The highest BCUT2D eigenvalue weighted by molar-refractivity contribution is 5.75. The molecule has 1 saturated heterocycles. The standard InChI is InChI=1S/C20H22N4O/c25-20(21-13-15-7-2-1-3-8-15)24-12-6-9-16(14-24)19-22-17-10-4-5-11-18(17)23-19/h1-5,7-8,10-11,16H,6,9,12-14H2,(H,21,25)(H,22,23)/t16-/m1/s1. The van der Waals surface area contributed by atoms with Gasteiger partial charge in [0.2, 0.25) is 0 Å². The molecule has 0 saturated carbocycles. The molecule has 1 fully saturated rings. The lowest BCUT2D eigenvalue weighted by molar-refractivity contribution is 0.178. The summed E-state index contributed by atoms with van der Waals surface area (Å²) in [6.07, 6.45) is 2.06. The topological polar surface area (TPSA) is 61.0 Å². The van der Waals surface area contributed by atoms with Gasteiger partial charge in [-0.3, -0.25) is 0 Å². The molecule has 5 nitrogen and oxygen atoms in total. The van der Waals surface area contributed by atoms with E-state index < -0.39 is 0 Å². The van der Waals surface area contributed by atoms with Crippen LogP contribution in [0, 0.1) is 0 Å². The molecule has 4 rings (SSSR count). The van der Waals surface area contributed by atoms with E-state index in [0.29, 0.717) is 13.1 Å². The van der Waals surface area contributed by atoms with Gasteiger partial charge in [-0.2, -0.15) is 0 Å². The Balaban J connectivity index is 1.41. The van der Waals surface area contributed by atoms with Gasteiger partial charge in [0.25, 0.3) is 0 Å². The van der Waals surface area contributed by atoms with Crippen molar-refractivity contribution in [3.63, 3.8) is 0 Å². The van der Waals surface area contributed by atoms with Crippen LogP contribution >= 0.6 is 0 Å². The number of hydrogen-bond acceptors (Lipinski definition) is 2. The van der Waals surface area contributed by atoms with Gasteiger partial charge in [-0.1, -0.05) is 42.5 Å². The predicted octanol–water partition coefficient (Wildman–Crippen LogP) is 3.65. The Hall–Kier alpha value is -2.82. The normalized spacial score (nSPS) is 17.6. The first-order valence-corrected chi connectivity index (χ1v) is 8.81. The molecule has 1 atom stereocenters. The second kappa shape index (κ2) is 6.97. The number of nitrogens with zero attached hydrogens (tertiary/aromatic N) is 2. The fourth-order valence-corrected chi connectivity index (χ4v) is 3.44. The van der Waals surface area contributed by atoms with Gasteiger partial charge in [0.1, 0.15) is 5.82 Å². The van der Waals surface area contributed by atoms with E-state index >= 15 is 0 Å². The number of urea groups is 1. The lowest BCUT2D eigenvalue weighted by Crippen LogP contribution is -2.44. The molecule has 2 N–H and O–H groups in total. The summed E-state index contributed by atoms with van der Waals surface area (Å²) in [5.74, 6) is 1.25. The number of nitrogens with one attached hydrogen (secondary N) is 2. The van der Waals surface area contributed by atoms with E-state index in [1.807, 2.05) is 59.5 Å². The van der Waals surface area contributed by atoms with E-state index in [2.05, 4.69) is 10.3 Å². The second-order valence-corrected chi connectivity index (χ2v) is 6.57. The monoisotopic (exact) mass is 334 g/mol. The van der Waals surface area contributed by atoms with Crippen LogP contribution in [0.2, 0.25) is 0 Å². The molecule has 0 aliphatic carbocycles. The molecule has 1 aliphatic heterocycles. The highest BCUT2D eigenvalue weighted by Gasteiger charge is 2.26. The molecule has 0 spiro atoms. The van der Waals surface area contributed by atoms with Gasteiger partial charge in [-0.25, -0.2) is 9.78 Å². The number of imidazole rings is 1. The van der Waals surface area contributed by atoms with Crippen molar-refractivity contribution in [3.8, 4) is 0 Å². The molecule has 25 heavy (non-hydrogen) atoms. The average molecular weight is 334 g/mol. The summed E-state index contributed by atoms with van der Waals surface area (Å²) in [6.45, 7) is 2.07. The Labute approximate surface area is 147 Å². The number of amides is 2. The molecular weight excluding hydrogens is 312 g/mol. The Morgan fingerprint density at radius 2 is 1.96 bits per heavy atom. The molecule has 3 aromatic rings. The molecule has 5 heteroatoms. The third-order valence-electron chi connectivity index (χ3n) is 4.79. The number of carbonyl (C=O) groups excluding carboxylic acids is 1. The number of likely N-dealkylation sites (tertiary alicyclic amines) is 1. The van der Waals surface area contributed by atoms with Gasteiger partial charge in [0.05, 0.1) is 11.0 Å². The number of aromatic nitrogens is 2. The van der Waals surface area contributed by atoms with Gasteiger partial charge in [-0.15, -0.1) is 0 Å². The molecule has 0 unspecified atom stereocenters. The zero-order chi connectivity index (χ0) is 17.1. The Morgan fingerprint density at radius 1 is 1.16 bits per heavy atom. The number of benzene rings is 2. The van der Waals surface area contributed by atoms with Gasteiger partial charge >= 0.3 is 6.03 Å². The molecule has 0 radical (unpaired) electrons. The van der Waals surface area contributed by atoms with Crippen LogP contribution in [0.5, 0.6) is 0 Å². The Morgan fingerprint density at radius 3 is 2.80 bits per heavy atom. The van der Waals surface area contributed by atoms with Crippen molar-refractivity contribution in [2.75, 3.05) is 13.1 Å². The smallest absolute Gasteiger partial charge is 0.317 e. The summed E-state index contributed by atoms with van der Waals surface area (Å²) in [5.41, 5.74) is 3.16. The van der Waals surface area contributed by atoms with Crippen LogP contribution in [0.1, 0.15) is 30.1 Å². The van der Waals surface area contributed by atoms with Gasteiger partial charge in [0, 0.05) is 25.6 Å². The highest BCUT2D eigenvalue weighted by Crippen LogP contribution is 2.26. The third-order valence-corrected chi connectivity index (χ3v) is 4.79. The molecule has 1 aliphatic rings. The third kappa shape index (κ3) is 3.50. The number of hydrogen-bond donors (Lipinski definition) is 2. The number of para-hydroxylation sites is 2. The van der Waals surface area contributed by atoms with Crippen LogP contribution in [-0.2, 0) is 6.54 Å². The zero-order valence-corrected chi connectivity index (χ0v) is 14.1. The number of carbonyl (C=O) groups is 1. The maximum absolute atomic E-state index is 12.5. The van der Waals surface area contributed by atoms with Crippen molar-refractivity contribution in [2.24, 2.45) is 0 Å². The number of rotatable bonds is 3. The minimum absolute atomic E-state index is 0.00432. The number of aromatic amines is 1. The van der Waals surface area contributed by atoms with E-state index in [1.54, 1.807) is 0 Å². The van der Waals surface area contributed by atoms with Crippen LogP contribution in [-0.4, -0.2) is 34.0 Å². The largest absolute Gasteiger partial charge is 0.342 e. The lowest BCUT2D eigenvalue weighted by atomic mass is 9.97. The summed E-state index contributed by atoms with van der Waals surface area (Å²) in [7, 11) is 0. The van der Waals surface area contributed by atoms with Crippen LogP contribution in [0.15, 0.2) is 54.6 Å². The van der Waals surface area contributed by atoms with Crippen molar-refractivity contribution >= 4 is 17.1 Å². The number of H-pyrrole nitrogens is 1. The van der Waals surface area contributed by atoms with E-state index in [-0.39, 0.29) is 11.9 Å². The number of fused-ring (bicyclic) bond motifs is 1. The van der Waals surface area contributed by atoms with Crippen LogP contribution in [0.4, 0.5) is 4.79 Å². The van der Waals surface area contributed by atoms with Crippen molar-refractivity contribution < 1.29 is 4.79 Å². The van der Waals surface area contributed by atoms with E-state index in [0.717, 1.165) is 41.8 Å². The quantitative estimate of drug-likeness (QED) is 0.768. The number of piperidine rings is 1. The molecule has 2 heterocycles. The summed E-state index contributed by atoms with van der Waals surface area (Å²) in [5, 5.41) is 3.02. The van der Waals surface area contributed by atoms with E-state index in [9.17, 15) is 4.79 Å². The van der Waals surface area contributed by atoms with Gasteiger partial charge < -0.3 is 15.2 Å². The van der Waals surface area contributed by atoms with Gasteiger partial charge in [-0.05, 0) is 30.5 Å². The fourth-order valence-electron chi connectivity index (χ4n) is 3.44. The molecule has 128 valence electrons. The van der Waals surface area contributed by atoms with Gasteiger partial charge in [0.15, 0.2) is 0 Å². The SMILES string of the molecule is O=C(NCc1ccccc1)N1CCC[C@@H](c2nc3ccccc3[nH]2)C1. The Bertz CT molecular complexity index is 825. The van der Waals surface area contributed by atoms with Crippen molar-refractivity contribution in [3.05, 3.63) is 66.0 Å². The van der Waals surface area contributed by atoms with Crippen LogP contribution < -0.4 is 5.32 Å². The minimum atomic E-state index is 0.00432. The van der Waals surface area contributed by atoms with Crippen LogP contribution in [0.3, 0.4) is 0 Å². The molecule has 2 amide bonds. The first kappa shape index (κ1) is 15.7. The van der Waals surface area contributed by atoms with E-state index in [4.69, 9.17) is 4.98 Å². The highest BCUT2D eigenvalue weighted by atomic mass is 16.2. The van der Waals surface area contributed by atoms with Crippen molar-refractivity contribution in [1.82, 2.24) is 20.2 Å². The Kier molecular flexibility index (Phi) is 4.37. The zero-order valence-electron chi connectivity index (χ0n) is 14.1. The first-order valence-electron chi connectivity index (χ1n) is 8.81. The molecule has 2 aromatic carbocycles. The van der Waals surface area contributed by atoms with Crippen LogP contribution in [0.25, 0.3) is 11.0 Å². The summed E-state index contributed by atoms with van der Waals surface area (Å²) in [4.78, 5) is 22.5. The summed E-state index contributed by atoms with van der Waals surface area (Å²) < 4.78 is 0. The lowest BCUT2D eigenvalue weighted by Gasteiger charge is -2.31. The first-order chi connectivity index (χ1) is 12.3. The molecular formula is C20H22N4O. The van der Waals surface area contributed by atoms with E-state index in [1.165, 1.54) is 0 Å².